The number of ether oxygens (including phenoxy) is 1. The molecule has 1 amide bonds. The Balaban J connectivity index is 1.66. The van der Waals surface area contributed by atoms with Gasteiger partial charge in [0, 0.05) is 24.7 Å². The number of amides is 1. The summed E-state index contributed by atoms with van der Waals surface area (Å²) in [5.74, 6) is 0.292. The molecule has 6 nitrogen and oxygen atoms in total. The molecule has 1 aromatic carbocycles. The molecule has 0 saturated carbocycles. The van der Waals surface area contributed by atoms with Gasteiger partial charge >= 0.3 is 5.69 Å². The van der Waals surface area contributed by atoms with Crippen LogP contribution in [0, 0.1) is 10.1 Å². The highest BCUT2D eigenvalue weighted by Gasteiger charge is 2.21. The second kappa shape index (κ2) is 6.78. The molecular weight excluding hydrogens is 316 g/mol. The van der Waals surface area contributed by atoms with Crippen LogP contribution >= 0.6 is 11.3 Å². The molecular formula is C16H16N2O4S. The van der Waals surface area contributed by atoms with Crippen molar-refractivity contribution in [1.29, 1.82) is 0 Å². The third-order valence-electron chi connectivity index (χ3n) is 3.71. The van der Waals surface area contributed by atoms with Gasteiger partial charge in [0.1, 0.15) is 6.61 Å². The van der Waals surface area contributed by atoms with Gasteiger partial charge in [-0.25, -0.2) is 0 Å². The lowest BCUT2D eigenvalue weighted by Crippen LogP contribution is -2.26. The van der Waals surface area contributed by atoms with E-state index in [9.17, 15) is 14.9 Å². The summed E-state index contributed by atoms with van der Waals surface area (Å²) in [6.07, 6.45) is 2.12. The normalized spacial score (nSPS) is 14.0. The van der Waals surface area contributed by atoms with E-state index in [1.54, 1.807) is 24.3 Å². The van der Waals surface area contributed by atoms with Crippen LogP contribution in [0.3, 0.4) is 0 Å². The van der Waals surface area contributed by atoms with E-state index < -0.39 is 4.92 Å². The van der Waals surface area contributed by atoms with E-state index in [0.717, 1.165) is 31.5 Å². The van der Waals surface area contributed by atoms with E-state index in [1.165, 1.54) is 17.4 Å². The molecule has 0 spiro atoms. The van der Waals surface area contributed by atoms with Gasteiger partial charge in [0.25, 0.3) is 5.91 Å². The fraction of sp³-hybridized carbons (Fsp3) is 0.312. The van der Waals surface area contributed by atoms with Crippen LogP contribution in [0.15, 0.2) is 35.7 Å². The van der Waals surface area contributed by atoms with Gasteiger partial charge in [0.2, 0.25) is 0 Å². The number of thiophene rings is 1. The molecule has 1 saturated heterocycles. The Morgan fingerprint density at radius 2 is 2.04 bits per heavy atom. The Kier molecular flexibility index (Phi) is 4.57. The number of hydrogen-bond donors (Lipinski definition) is 0. The second-order valence-electron chi connectivity index (χ2n) is 5.33. The standard InChI is InChI=1S/C16H16N2O4S/c19-16(17-7-3-4-8-17)15-9-12(11-23-15)10-22-14-6-2-1-5-13(14)18(20)21/h1-2,5-6,9,11H,3-4,7-8,10H2. The molecule has 0 atom stereocenters. The van der Waals surface area contributed by atoms with E-state index in [0.29, 0.717) is 4.88 Å². The molecule has 0 aliphatic carbocycles. The largest absolute Gasteiger partial charge is 0.482 e. The quantitative estimate of drug-likeness (QED) is 0.621. The number of benzene rings is 1. The van der Waals surface area contributed by atoms with Crippen molar-refractivity contribution in [3.05, 3.63) is 56.3 Å². The summed E-state index contributed by atoms with van der Waals surface area (Å²) in [5, 5.41) is 12.8. The highest BCUT2D eigenvalue weighted by molar-refractivity contribution is 7.12. The minimum Gasteiger partial charge on any atom is -0.482 e. The van der Waals surface area contributed by atoms with Crippen molar-refractivity contribution in [3.63, 3.8) is 0 Å². The summed E-state index contributed by atoms with van der Waals surface area (Å²) in [5.41, 5.74) is 0.784. The van der Waals surface area contributed by atoms with Crippen LogP contribution in [0.25, 0.3) is 0 Å². The first-order valence-corrected chi connectivity index (χ1v) is 8.26. The zero-order valence-corrected chi connectivity index (χ0v) is 13.3. The first kappa shape index (κ1) is 15.5. The number of nitrogens with zero attached hydrogens (tertiary/aromatic N) is 2. The van der Waals surface area contributed by atoms with Crippen molar-refractivity contribution in [1.82, 2.24) is 4.90 Å². The number of hydrogen-bond acceptors (Lipinski definition) is 5. The van der Waals surface area contributed by atoms with Crippen LogP contribution in [0.1, 0.15) is 28.1 Å². The Morgan fingerprint density at radius 3 is 2.78 bits per heavy atom. The van der Waals surface area contributed by atoms with Crippen molar-refractivity contribution in [2.24, 2.45) is 0 Å². The van der Waals surface area contributed by atoms with Gasteiger partial charge in [-0.05, 0) is 30.4 Å². The van der Waals surface area contributed by atoms with Crippen LogP contribution < -0.4 is 4.74 Å². The van der Waals surface area contributed by atoms with Gasteiger partial charge in [-0.3, -0.25) is 14.9 Å². The number of carbonyl (C=O) groups excluding carboxylic acids is 1. The maximum Gasteiger partial charge on any atom is 0.310 e. The molecule has 3 rings (SSSR count). The molecule has 1 aliphatic rings. The van der Waals surface area contributed by atoms with Crippen LogP contribution in [-0.2, 0) is 6.61 Å². The van der Waals surface area contributed by atoms with Crippen LogP contribution in [0.5, 0.6) is 5.75 Å². The van der Waals surface area contributed by atoms with E-state index in [-0.39, 0.29) is 24.0 Å². The molecule has 0 N–H and O–H groups in total. The van der Waals surface area contributed by atoms with Crippen molar-refractivity contribution in [3.8, 4) is 5.75 Å². The maximum atomic E-state index is 12.3. The molecule has 0 radical (unpaired) electrons. The molecule has 1 aliphatic heterocycles. The summed E-state index contributed by atoms with van der Waals surface area (Å²) >= 11 is 1.39. The average Bonchev–Trinajstić information content (AvgIpc) is 3.24. The molecule has 1 fully saturated rings. The number of carbonyl (C=O) groups is 1. The molecule has 2 aromatic rings. The monoisotopic (exact) mass is 332 g/mol. The molecule has 1 aromatic heterocycles. The number of para-hydroxylation sites is 2. The topological polar surface area (TPSA) is 72.7 Å². The molecule has 7 heteroatoms. The third-order valence-corrected chi connectivity index (χ3v) is 4.68. The molecule has 0 bridgehead atoms. The Morgan fingerprint density at radius 1 is 1.30 bits per heavy atom. The summed E-state index contributed by atoms with van der Waals surface area (Å²) in [6.45, 7) is 1.84. The Hall–Kier alpha value is -2.41. The lowest BCUT2D eigenvalue weighted by atomic mass is 10.3. The van der Waals surface area contributed by atoms with Gasteiger partial charge in [0.05, 0.1) is 9.80 Å². The minimum absolute atomic E-state index is 0.0592. The smallest absolute Gasteiger partial charge is 0.310 e. The number of nitro groups is 1. The Labute approximate surface area is 137 Å². The van der Waals surface area contributed by atoms with Crippen molar-refractivity contribution in [2.75, 3.05) is 13.1 Å². The second-order valence-corrected chi connectivity index (χ2v) is 6.24. The molecule has 120 valence electrons. The predicted octanol–water partition coefficient (Wildman–Crippen LogP) is 3.47. The number of likely N-dealkylation sites (tertiary alicyclic amines) is 1. The van der Waals surface area contributed by atoms with E-state index in [1.807, 2.05) is 10.3 Å². The van der Waals surface area contributed by atoms with Gasteiger partial charge in [-0.15, -0.1) is 11.3 Å². The van der Waals surface area contributed by atoms with E-state index in [4.69, 9.17) is 4.74 Å². The summed E-state index contributed by atoms with van der Waals surface area (Å²) in [6, 6.07) is 8.08. The fourth-order valence-corrected chi connectivity index (χ4v) is 3.39. The van der Waals surface area contributed by atoms with Crippen molar-refractivity contribution >= 4 is 22.9 Å². The van der Waals surface area contributed by atoms with Crippen LogP contribution in [0.2, 0.25) is 0 Å². The van der Waals surface area contributed by atoms with Crippen LogP contribution in [-0.4, -0.2) is 28.8 Å². The SMILES string of the molecule is O=C(c1cc(COc2ccccc2[N+](=O)[O-])cs1)N1CCCC1. The lowest BCUT2D eigenvalue weighted by Gasteiger charge is -2.13. The number of rotatable bonds is 5. The first-order valence-electron chi connectivity index (χ1n) is 7.38. The molecule has 2 heterocycles. The highest BCUT2D eigenvalue weighted by Crippen LogP contribution is 2.27. The summed E-state index contributed by atoms with van der Waals surface area (Å²) in [4.78, 5) is 25.3. The van der Waals surface area contributed by atoms with Crippen molar-refractivity contribution in [2.45, 2.75) is 19.4 Å². The number of nitro benzene ring substituents is 1. The van der Waals surface area contributed by atoms with Crippen molar-refractivity contribution < 1.29 is 14.5 Å². The van der Waals surface area contributed by atoms with Gasteiger partial charge < -0.3 is 9.64 Å². The van der Waals surface area contributed by atoms with E-state index >= 15 is 0 Å². The zero-order valence-electron chi connectivity index (χ0n) is 12.4. The van der Waals surface area contributed by atoms with Gasteiger partial charge in [-0.2, -0.15) is 0 Å². The summed E-state index contributed by atoms with van der Waals surface area (Å²) < 4.78 is 5.54. The average molecular weight is 332 g/mol. The molecule has 0 unspecified atom stereocenters. The maximum absolute atomic E-state index is 12.3. The fourth-order valence-electron chi connectivity index (χ4n) is 2.53. The summed E-state index contributed by atoms with van der Waals surface area (Å²) in [7, 11) is 0. The Bertz CT molecular complexity index is 722. The molecule has 23 heavy (non-hydrogen) atoms. The van der Waals surface area contributed by atoms with Gasteiger partial charge in [-0.1, -0.05) is 12.1 Å². The van der Waals surface area contributed by atoms with E-state index in [2.05, 4.69) is 0 Å². The van der Waals surface area contributed by atoms with Gasteiger partial charge in [0.15, 0.2) is 5.75 Å². The predicted molar refractivity (Wildman–Crippen MR) is 86.9 cm³/mol. The van der Waals surface area contributed by atoms with Crippen LogP contribution in [0.4, 0.5) is 5.69 Å². The zero-order chi connectivity index (χ0) is 16.2. The minimum atomic E-state index is -0.467. The lowest BCUT2D eigenvalue weighted by molar-refractivity contribution is -0.385. The highest BCUT2D eigenvalue weighted by atomic mass is 32.1. The third kappa shape index (κ3) is 3.50. The first-order chi connectivity index (χ1) is 11.1.